The number of benzene rings is 5. The number of hydrogen-bond donors (Lipinski definition) is 1. The Kier molecular flexibility index (Phi) is 5.71. The molecule has 5 aromatic carbocycles. The van der Waals surface area contributed by atoms with E-state index in [1.54, 1.807) is 6.20 Å². The van der Waals surface area contributed by atoms with Gasteiger partial charge in [-0.3, -0.25) is 0 Å². The fraction of sp³-hybridized carbons (Fsp3) is 0.105. The minimum absolute atomic E-state index is 0.103. The second-order valence-electron chi connectivity index (χ2n) is 11.1. The number of allylic oxidation sites excluding steroid dienone is 3. The molecule has 0 saturated heterocycles. The van der Waals surface area contributed by atoms with Gasteiger partial charge in [0, 0.05) is 27.4 Å². The molecular formula is C38H32N2. The number of para-hydroxylation sites is 2. The molecule has 2 heteroatoms. The van der Waals surface area contributed by atoms with Crippen LogP contribution in [-0.4, -0.2) is 4.57 Å². The van der Waals surface area contributed by atoms with Crippen molar-refractivity contribution < 1.29 is 0 Å². The molecule has 40 heavy (non-hydrogen) atoms. The highest BCUT2D eigenvalue weighted by molar-refractivity contribution is 6.21. The quantitative estimate of drug-likeness (QED) is 0.227. The van der Waals surface area contributed by atoms with Crippen molar-refractivity contribution in [1.29, 1.82) is 0 Å². The van der Waals surface area contributed by atoms with Gasteiger partial charge in [-0.05, 0) is 76.3 Å². The van der Waals surface area contributed by atoms with Crippen LogP contribution in [0.25, 0.3) is 49.7 Å². The molecule has 0 saturated carbocycles. The van der Waals surface area contributed by atoms with Gasteiger partial charge in [-0.25, -0.2) is 0 Å². The molecule has 0 bridgehead atoms. The molecule has 1 aliphatic carbocycles. The Morgan fingerprint density at radius 1 is 0.725 bits per heavy atom. The Morgan fingerprint density at radius 2 is 1.45 bits per heavy atom. The van der Waals surface area contributed by atoms with Gasteiger partial charge in [0.25, 0.3) is 0 Å². The van der Waals surface area contributed by atoms with Crippen molar-refractivity contribution in [3.05, 3.63) is 150 Å². The zero-order chi connectivity index (χ0) is 27.3. The topological polar surface area (TPSA) is 30.9 Å². The van der Waals surface area contributed by atoms with Crippen molar-refractivity contribution in [2.24, 2.45) is 5.73 Å². The Hall–Kier alpha value is -4.82. The molecule has 6 aromatic rings. The van der Waals surface area contributed by atoms with Crippen molar-refractivity contribution in [3.8, 4) is 27.9 Å². The summed E-state index contributed by atoms with van der Waals surface area (Å²) >= 11 is 0. The summed E-state index contributed by atoms with van der Waals surface area (Å²) in [5, 5.41) is 2.59. The third-order valence-corrected chi connectivity index (χ3v) is 8.47. The van der Waals surface area contributed by atoms with E-state index in [1.807, 2.05) is 12.2 Å². The molecule has 0 aliphatic heterocycles. The molecule has 0 atom stereocenters. The first-order valence-electron chi connectivity index (χ1n) is 14.0. The summed E-state index contributed by atoms with van der Waals surface area (Å²) in [4.78, 5) is 0. The van der Waals surface area contributed by atoms with Crippen LogP contribution >= 0.6 is 0 Å². The van der Waals surface area contributed by atoms with Gasteiger partial charge in [-0.2, -0.15) is 0 Å². The zero-order valence-corrected chi connectivity index (χ0v) is 22.9. The predicted molar refractivity (Wildman–Crippen MR) is 170 cm³/mol. The van der Waals surface area contributed by atoms with E-state index in [-0.39, 0.29) is 5.41 Å². The summed E-state index contributed by atoms with van der Waals surface area (Å²) < 4.78 is 2.48. The van der Waals surface area contributed by atoms with E-state index >= 15 is 0 Å². The normalized spacial score (nSPS) is 13.9. The number of aromatic nitrogens is 1. The molecule has 1 aliphatic rings. The largest absolute Gasteiger partial charge is 0.405 e. The van der Waals surface area contributed by atoms with E-state index in [2.05, 4.69) is 134 Å². The molecule has 0 amide bonds. The molecule has 0 fully saturated rings. The summed E-state index contributed by atoms with van der Waals surface area (Å²) in [6.07, 6.45) is 8.43. The predicted octanol–water partition coefficient (Wildman–Crippen LogP) is 9.33. The maximum Gasteiger partial charge on any atom is 0.0628 e. The monoisotopic (exact) mass is 516 g/mol. The number of nitrogens with two attached hydrogens (primary N) is 1. The molecule has 0 radical (unpaired) electrons. The van der Waals surface area contributed by atoms with Gasteiger partial charge in [0.05, 0.1) is 11.0 Å². The molecule has 1 aromatic heterocycles. The lowest BCUT2D eigenvalue weighted by atomic mass is 9.81. The van der Waals surface area contributed by atoms with E-state index in [9.17, 15) is 0 Å². The van der Waals surface area contributed by atoms with E-state index in [0.717, 1.165) is 6.42 Å². The van der Waals surface area contributed by atoms with Gasteiger partial charge in [0.2, 0.25) is 0 Å². The van der Waals surface area contributed by atoms with Gasteiger partial charge < -0.3 is 10.3 Å². The van der Waals surface area contributed by atoms with Crippen LogP contribution in [0.4, 0.5) is 0 Å². The first kappa shape index (κ1) is 24.2. The first-order chi connectivity index (χ1) is 19.6. The highest BCUT2D eigenvalue weighted by Crippen LogP contribution is 2.55. The summed E-state index contributed by atoms with van der Waals surface area (Å²) in [6, 6.07) is 40.2. The third kappa shape index (κ3) is 3.64. The molecule has 0 spiro atoms. The van der Waals surface area contributed by atoms with Crippen LogP contribution in [0.1, 0.15) is 30.5 Å². The second kappa shape index (κ2) is 9.43. The third-order valence-electron chi connectivity index (χ3n) is 8.47. The summed E-state index contributed by atoms with van der Waals surface area (Å²) in [5.74, 6) is 0. The van der Waals surface area contributed by atoms with Crippen LogP contribution < -0.4 is 5.73 Å². The van der Waals surface area contributed by atoms with Crippen molar-refractivity contribution >= 4 is 21.8 Å². The second-order valence-corrected chi connectivity index (χ2v) is 11.1. The van der Waals surface area contributed by atoms with Crippen LogP contribution in [-0.2, 0) is 11.8 Å². The van der Waals surface area contributed by atoms with Crippen molar-refractivity contribution in [3.63, 3.8) is 0 Å². The highest BCUT2D eigenvalue weighted by Gasteiger charge is 2.38. The van der Waals surface area contributed by atoms with E-state index in [4.69, 9.17) is 5.73 Å². The lowest BCUT2D eigenvalue weighted by Crippen LogP contribution is -2.15. The minimum Gasteiger partial charge on any atom is -0.405 e. The molecule has 0 unspecified atom stereocenters. The van der Waals surface area contributed by atoms with Crippen molar-refractivity contribution in [1.82, 2.24) is 4.57 Å². The summed E-state index contributed by atoms with van der Waals surface area (Å²) in [7, 11) is 0. The van der Waals surface area contributed by atoms with Crippen LogP contribution in [0.3, 0.4) is 0 Å². The average molecular weight is 517 g/mol. The standard InChI is InChI=1S/C38H32N2/c1-38(2)32-18-10-8-16-29(32)36-33(38)25-31(27-22-20-26(21-23-27)13-5-4-12-24-39)35-30-17-9-11-19-34(30)40(37(35)36)28-14-6-3-7-15-28/h3-12,14-25H,13,39H2,1-2H3/b5-4-,24-12-. The molecule has 1 heterocycles. The number of rotatable bonds is 5. The molecule has 194 valence electrons. The van der Waals surface area contributed by atoms with E-state index in [0.29, 0.717) is 0 Å². The first-order valence-corrected chi connectivity index (χ1v) is 14.0. The smallest absolute Gasteiger partial charge is 0.0628 e. The maximum absolute atomic E-state index is 5.47. The Balaban J connectivity index is 1.57. The number of fused-ring (bicyclic) bond motifs is 7. The molecule has 7 rings (SSSR count). The summed E-state index contributed by atoms with van der Waals surface area (Å²) in [6.45, 7) is 4.74. The number of nitrogens with zero attached hydrogens (tertiary/aromatic N) is 1. The fourth-order valence-corrected chi connectivity index (χ4v) is 6.56. The molecule has 2 N–H and O–H groups in total. The highest BCUT2D eigenvalue weighted by atomic mass is 15.0. The van der Waals surface area contributed by atoms with Gasteiger partial charge >= 0.3 is 0 Å². The van der Waals surface area contributed by atoms with Crippen LogP contribution in [0.5, 0.6) is 0 Å². The maximum atomic E-state index is 5.47. The summed E-state index contributed by atoms with van der Waals surface area (Å²) in [5.41, 5.74) is 18.4. The Labute approximate surface area is 235 Å². The lowest BCUT2D eigenvalue weighted by Gasteiger charge is -2.23. The minimum atomic E-state index is -0.103. The van der Waals surface area contributed by atoms with Gasteiger partial charge in [-0.15, -0.1) is 0 Å². The fourth-order valence-electron chi connectivity index (χ4n) is 6.56. The van der Waals surface area contributed by atoms with Gasteiger partial charge in [-0.1, -0.05) is 111 Å². The van der Waals surface area contributed by atoms with Crippen molar-refractivity contribution in [2.75, 3.05) is 0 Å². The van der Waals surface area contributed by atoms with Crippen LogP contribution in [0.15, 0.2) is 134 Å². The van der Waals surface area contributed by atoms with Gasteiger partial charge in [0.1, 0.15) is 0 Å². The molecule has 2 nitrogen and oxygen atoms in total. The van der Waals surface area contributed by atoms with E-state index < -0.39 is 0 Å². The Bertz CT molecular complexity index is 1930. The molecular weight excluding hydrogens is 484 g/mol. The van der Waals surface area contributed by atoms with E-state index in [1.165, 1.54) is 66.4 Å². The zero-order valence-electron chi connectivity index (χ0n) is 22.9. The van der Waals surface area contributed by atoms with Crippen LogP contribution in [0, 0.1) is 0 Å². The van der Waals surface area contributed by atoms with Gasteiger partial charge in [0.15, 0.2) is 0 Å². The SMILES string of the molecule is CC1(C)c2ccccc2-c2c1cc(-c1ccc(C/C=C\C=C/N)cc1)c1c3ccccc3n(-c3ccccc3)c21. The average Bonchev–Trinajstić information content (AvgIpc) is 3.45. The van der Waals surface area contributed by atoms with Crippen LogP contribution in [0.2, 0.25) is 0 Å². The Morgan fingerprint density at radius 3 is 2.25 bits per heavy atom. The van der Waals surface area contributed by atoms with Crippen molar-refractivity contribution in [2.45, 2.75) is 25.7 Å². The number of hydrogen-bond acceptors (Lipinski definition) is 1. The lowest BCUT2D eigenvalue weighted by molar-refractivity contribution is 0.661.